The lowest BCUT2D eigenvalue weighted by Crippen LogP contribution is -2.49. The second-order valence-electron chi connectivity index (χ2n) is 3.19. The Balaban J connectivity index is 4.28. The summed E-state index contributed by atoms with van der Waals surface area (Å²) in [5, 5.41) is 19.3. The summed E-state index contributed by atoms with van der Waals surface area (Å²) in [5.41, 5.74) is 10.1. The fourth-order valence-corrected chi connectivity index (χ4v) is 0.975. The fraction of sp³-hybridized carbons (Fsp3) is 0.625. The predicted molar refractivity (Wildman–Crippen MR) is 53.1 cm³/mol. The van der Waals surface area contributed by atoms with Gasteiger partial charge in [0.15, 0.2) is 0 Å². The van der Waals surface area contributed by atoms with E-state index in [1.807, 2.05) is 0 Å². The first kappa shape index (κ1) is 14.3. The van der Waals surface area contributed by atoms with E-state index in [-0.39, 0.29) is 19.4 Å². The standard InChI is InChI=1S/C8H15N3O5/c9-4(3-6(10)13)7(14)11-5(1-2-12)8(15)16/h4-5,12H,1-3,9H2,(H2,10,13)(H,11,14)(H,15,16)/t4?,5-/m1/s1. The number of aliphatic carboxylic acids is 1. The fourth-order valence-electron chi connectivity index (χ4n) is 0.975. The molecule has 0 aromatic carbocycles. The van der Waals surface area contributed by atoms with Crippen LogP contribution in [0, 0.1) is 0 Å². The number of aliphatic hydroxyl groups is 1. The van der Waals surface area contributed by atoms with Gasteiger partial charge < -0.3 is 27.0 Å². The molecule has 1 unspecified atom stereocenters. The topological polar surface area (TPSA) is 156 Å². The molecule has 2 atom stereocenters. The summed E-state index contributed by atoms with van der Waals surface area (Å²) in [6.07, 6.45) is -0.498. The van der Waals surface area contributed by atoms with Crippen LogP contribution < -0.4 is 16.8 Å². The first-order valence-corrected chi connectivity index (χ1v) is 4.56. The highest BCUT2D eigenvalue weighted by Gasteiger charge is 2.23. The number of carbonyl (C=O) groups is 3. The van der Waals surface area contributed by atoms with Gasteiger partial charge in [-0.3, -0.25) is 9.59 Å². The van der Waals surface area contributed by atoms with Crippen molar-refractivity contribution in [1.82, 2.24) is 5.32 Å². The van der Waals surface area contributed by atoms with E-state index in [1.165, 1.54) is 0 Å². The van der Waals surface area contributed by atoms with Gasteiger partial charge in [-0.05, 0) is 0 Å². The van der Waals surface area contributed by atoms with E-state index in [9.17, 15) is 14.4 Å². The number of nitrogens with one attached hydrogen (secondary N) is 1. The maximum Gasteiger partial charge on any atom is 0.326 e. The Kier molecular flexibility index (Phi) is 6.04. The maximum atomic E-state index is 11.3. The van der Waals surface area contributed by atoms with Crippen LogP contribution in [0.2, 0.25) is 0 Å². The van der Waals surface area contributed by atoms with Crippen molar-refractivity contribution in [2.45, 2.75) is 24.9 Å². The lowest BCUT2D eigenvalue weighted by Gasteiger charge is -2.16. The van der Waals surface area contributed by atoms with Crippen molar-refractivity contribution in [3.8, 4) is 0 Å². The van der Waals surface area contributed by atoms with Crippen LogP contribution >= 0.6 is 0 Å². The van der Waals surface area contributed by atoms with Crippen LogP contribution in [0.3, 0.4) is 0 Å². The molecule has 0 aliphatic carbocycles. The zero-order valence-corrected chi connectivity index (χ0v) is 8.55. The third kappa shape index (κ3) is 5.27. The number of aliphatic hydroxyl groups excluding tert-OH is 1. The highest BCUT2D eigenvalue weighted by molar-refractivity contribution is 5.90. The minimum absolute atomic E-state index is 0.135. The second-order valence-corrected chi connectivity index (χ2v) is 3.19. The molecule has 0 spiro atoms. The number of hydrogen-bond acceptors (Lipinski definition) is 5. The van der Waals surface area contributed by atoms with Gasteiger partial charge in [-0.15, -0.1) is 0 Å². The number of carboxylic acids is 1. The second kappa shape index (κ2) is 6.75. The van der Waals surface area contributed by atoms with Crippen LogP contribution in [0.15, 0.2) is 0 Å². The summed E-state index contributed by atoms with van der Waals surface area (Å²) < 4.78 is 0. The molecule has 2 amide bonds. The zero-order valence-electron chi connectivity index (χ0n) is 8.55. The molecule has 16 heavy (non-hydrogen) atoms. The van der Waals surface area contributed by atoms with E-state index in [1.54, 1.807) is 0 Å². The van der Waals surface area contributed by atoms with Gasteiger partial charge in [-0.25, -0.2) is 4.79 Å². The molecule has 0 aromatic heterocycles. The first-order valence-electron chi connectivity index (χ1n) is 4.56. The van der Waals surface area contributed by atoms with Gasteiger partial charge >= 0.3 is 5.97 Å². The number of primary amides is 1. The lowest BCUT2D eigenvalue weighted by atomic mass is 10.1. The quantitative estimate of drug-likeness (QED) is 0.318. The Morgan fingerprint density at radius 2 is 1.88 bits per heavy atom. The molecule has 0 aliphatic rings. The van der Waals surface area contributed by atoms with Gasteiger partial charge in [0.2, 0.25) is 11.8 Å². The van der Waals surface area contributed by atoms with Crippen LogP contribution in [-0.4, -0.2) is 46.7 Å². The van der Waals surface area contributed by atoms with Crippen LogP contribution in [0.1, 0.15) is 12.8 Å². The van der Waals surface area contributed by atoms with Crippen LogP contribution in [0.4, 0.5) is 0 Å². The van der Waals surface area contributed by atoms with E-state index in [0.717, 1.165) is 0 Å². The summed E-state index contributed by atoms with van der Waals surface area (Å²) in [5.74, 6) is -2.83. The molecule has 0 saturated carbocycles. The third-order valence-corrected chi connectivity index (χ3v) is 1.79. The smallest absolute Gasteiger partial charge is 0.326 e. The van der Waals surface area contributed by atoms with Crippen molar-refractivity contribution in [3.05, 3.63) is 0 Å². The van der Waals surface area contributed by atoms with Gasteiger partial charge in [0, 0.05) is 13.0 Å². The number of amides is 2. The van der Waals surface area contributed by atoms with Gasteiger partial charge in [0.25, 0.3) is 0 Å². The van der Waals surface area contributed by atoms with Crippen molar-refractivity contribution in [2.24, 2.45) is 11.5 Å². The lowest BCUT2D eigenvalue weighted by molar-refractivity contribution is -0.142. The van der Waals surface area contributed by atoms with E-state index < -0.39 is 29.9 Å². The molecule has 7 N–H and O–H groups in total. The van der Waals surface area contributed by atoms with E-state index in [0.29, 0.717) is 0 Å². The van der Waals surface area contributed by atoms with Crippen LogP contribution in [0.25, 0.3) is 0 Å². The van der Waals surface area contributed by atoms with Gasteiger partial charge in [0.05, 0.1) is 12.5 Å². The summed E-state index contributed by atoms with van der Waals surface area (Å²) in [7, 11) is 0. The molecule has 0 aliphatic heterocycles. The molecular weight excluding hydrogens is 218 g/mol. The molecular formula is C8H15N3O5. The van der Waals surface area contributed by atoms with Gasteiger partial charge in [0.1, 0.15) is 6.04 Å². The largest absolute Gasteiger partial charge is 0.480 e. The number of nitrogens with two attached hydrogens (primary N) is 2. The molecule has 0 heterocycles. The molecule has 0 radical (unpaired) electrons. The highest BCUT2D eigenvalue weighted by atomic mass is 16.4. The molecule has 8 heteroatoms. The minimum Gasteiger partial charge on any atom is -0.480 e. The summed E-state index contributed by atoms with van der Waals surface area (Å²) in [6.45, 7) is -0.387. The number of carboxylic acid groups (broad SMARTS) is 1. The van der Waals surface area contributed by atoms with E-state index in [2.05, 4.69) is 5.32 Å². The summed E-state index contributed by atoms with van der Waals surface area (Å²) in [6, 6.07) is -2.41. The monoisotopic (exact) mass is 233 g/mol. The zero-order chi connectivity index (χ0) is 12.7. The minimum atomic E-state index is -1.28. The van der Waals surface area contributed by atoms with Gasteiger partial charge in [-0.2, -0.15) is 0 Å². The number of rotatable bonds is 7. The number of carbonyl (C=O) groups excluding carboxylic acids is 2. The van der Waals surface area contributed by atoms with Crippen molar-refractivity contribution < 1.29 is 24.6 Å². The van der Waals surface area contributed by atoms with Crippen molar-refractivity contribution in [2.75, 3.05) is 6.61 Å². The van der Waals surface area contributed by atoms with Crippen molar-refractivity contribution in [3.63, 3.8) is 0 Å². The summed E-state index contributed by atoms with van der Waals surface area (Å²) in [4.78, 5) is 32.4. The summed E-state index contributed by atoms with van der Waals surface area (Å²) >= 11 is 0. The molecule has 0 bridgehead atoms. The molecule has 0 aromatic rings. The Hall–Kier alpha value is -1.67. The highest BCUT2D eigenvalue weighted by Crippen LogP contribution is 1.94. The van der Waals surface area contributed by atoms with E-state index in [4.69, 9.17) is 21.7 Å². The SMILES string of the molecule is NC(=O)CC(N)C(=O)N[C@H](CCO)C(=O)O. The first-order chi connectivity index (χ1) is 7.38. The Morgan fingerprint density at radius 3 is 2.25 bits per heavy atom. The van der Waals surface area contributed by atoms with Crippen molar-refractivity contribution in [1.29, 1.82) is 0 Å². The number of hydrogen-bond donors (Lipinski definition) is 5. The molecule has 0 rings (SSSR count). The average Bonchev–Trinajstić information content (AvgIpc) is 2.15. The Labute approximate surface area is 91.6 Å². The Bertz CT molecular complexity index is 281. The Morgan fingerprint density at radius 1 is 1.31 bits per heavy atom. The van der Waals surface area contributed by atoms with Gasteiger partial charge in [-0.1, -0.05) is 0 Å². The average molecular weight is 233 g/mol. The third-order valence-electron chi connectivity index (χ3n) is 1.79. The molecule has 0 fully saturated rings. The predicted octanol–water partition coefficient (Wildman–Crippen LogP) is -2.86. The van der Waals surface area contributed by atoms with Crippen LogP contribution in [0.5, 0.6) is 0 Å². The maximum absolute atomic E-state index is 11.3. The van der Waals surface area contributed by atoms with Crippen LogP contribution in [-0.2, 0) is 14.4 Å². The molecule has 0 saturated heterocycles. The van der Waals surface area contributed by atoms with E-state index >= 15 is 0 Å². The molecule has 92 valence electrons. The molecule has 8 nitrogen and oxygen atoms in total. The van der Waals surface area contributed by atoms with Crippen molar-refractivity contribution >= 4 is 17.8 Å². The normalized spacial score (nSPS) is 13.9.